The zero-order chi connectivity index (χ0) is 25.2. The molecule has 0 amide bonds. The molecule has 0 saturated heterocycles. The second kappa shape index (κ2) is 11.9. The normalized spacial score (nSPS) is 11.3. The van der Waals surface area contributed by atoms with E-state index in [1.54, 1.807) is 64.1 Å². The lowest BCUT2D eigenvalue weighted by Gasteiger charge is -2.28. The van der Waals surface area contributed by atoms with Crippen molar-refractivity contribution < 1.29 is 48.2 Å². The molecule has 10 nitrogen and oxygen atoms in total. The Balaban J connectivity index is 1.74. The Hall–Kier alpha value is -3.76. The van der Waals surface area contributed by atoms with Crippen LogP contribution in [-0.4, -0.2) is 35.1 Å². The predicted molar refractivity (Wildman–Crippen MR) is 116 cm³/mol. The molecule has 0 atom stereocenters. The molecule has 2 aromatic carbocycles. The zero-order valence-corrected chi connectivity index (χ0v) is 19.3. The number of hydrogen-bond donors (Lipinski definition) is 0. The van der Waals surface area contributed by atoms with Crippen LogP contribution in [0.3, 0.4) is 0 Å². The average molecular weight is 474 g/mol. The molecule has 0 aromatic heterocycles. The maximum Gasteiger partial charge on any atom is 0.450 e. The number of ether oxygens (including phenoxy) is 2. The van der Waals surface area contributed by atoms with Gasteiger partial charge in [-0.2, -0.15) is 9.78 Å². The van der Waals surface area contributed by atoms with Crippen molar-refractivity contribution in [1.82, 2.24) is 0 Å². The number of para-hydroxylation sites is 2. The fraction of sp³-hybridized carbons (Fsp3) is 0.333. The van der Waals surface area contributed by atoms with Gasteiger partial charge < -0.3 is 9.47 Å². The second-order valence-electron chi connectivity index (χ2n) is 8.33. The van der Waals surface area contributed by atoms with Crippen LogP contribution in [-0.2, 0) is 38.7 Å². The second-order valence-corrected chi connectivity index (χ2v) is 8.33. The van der Waals surface area contributed by atoms with Crippen molar-refractivity contribution in [2.45, 2.75) is 51.7 Å². The zero-order valence-electron chi connectivity index (χ0n) is 19.3. The molecule has 2 rings (SSSR count). The first-order valence-corrected chi connectivity index (χ1v) is 10.3. The van der Waals surface area contributed by atoms with Gasteiger partial charge in [0.05, 0.1) is 0 Å². The number of carbonyl (C=O) groups is 4. The number of carbonyl (C=O) groups excluding carboxylic acids is 4. The number of benzene rings is 2. The maximum absolute atomic E-state index is 11.8. The monoisotopic (exact) mass is 474 g/mol. The molecule has 182 valence electrons. The third kappa shape index (κ3) is 9.39. The summed E-state index contributed by atoms with van der Waals surface area (Å²) in [5.74, 6) is -4.74. The van der Waals surface area contributed by atoms with Crippen LogP contribution >= 0.6 is 0 Å². The van der Waals surface area contributed by atoms with Crippen molar-refractivity contribution in [3.63, 3.8) is 0 Å². The highest BCUT2D eigenvalue weighted by Gasteiger charge is 2.32. The Morgan fingerprint density at radius 1 is 0.559 bits per heavy atom. The van der Waals surface area contributed by atoms with Crippen LogP contribution in [0.5, 0.6) is 11.5 Å². The van der Waals surface area contributed by atoms with Gasteiger partial charge >= 0.3 is 23.9 Å². The summed E-state index contributed by atoms with van der Waals surface area (Å²) >= 11 is 0. The van der Waals surface area contributed by atoms with Gasteiger partial charge in [-0.1, -0.05) is 36.4 Å². The van der Waals surface area contributed by atoms with Gasteiger partial charge in [-0.25, -0.2) is 19.2 Å². The van der Waals surface area contributed by atoms with Crippen LogP contribution in [0, 0.1) is 0 Å². The number of hydrogen-bond acceptors (Lipinski definition) is 10. The molecule has 0 N–H and O–H groups in total. The van der Waals surface area contributed by atoms with E-state index in [4.69, 9.17) is 19.2 Å². The van der Waals surface area contributed by atoms with Gasteiger partial charge in [0, 0.05) is 0 Å². The molecule has 10 heteroatoms. The smallest absolute Gasteiger partial charge is 0.418 e. The quantitative estimate of drug-likeness (QED) is 0.175. The SMILES string of the molecule is CC(C)(CCC(C)(C)OOC(=O)C(=O)Oc1ccccc1)OOC(=O)C(=O)Oc1ccccc1. The molecule has 0 radical (unpaired) electrons. The minimum atomic E-state index is -1.32. The van der Waals surface area contributed by atoms with Crippen molar-refractivity contribution in [2.24, 2.45) is 0 Å². The molecule has 0 saturated carbocycles. The van der Waals surface area contributed by atoms with Crippen LogP contribution in [0.25, 0.3) is 0 Å². The van der Waals surface area contributed by atoms with Crippen LogP contribution in [0.4, 0.5) is 0 Å². The molecular formula is C24H26O10. The van der Waals surface area contributed by atoms with E-state index in [1.807, 2.05) is 0 Å². The molecule has 0 aliphatic carbocycles. The van der Waals surface area contributed by atoms with Crippen molar-refractivity contribution in [3.05, 3.63) is 60.7 Å². The standard InChI is InChI=1S/C24H26O10/c1-23(2,33-31-21(27)19(25)29-17-11-7-5-8-12-17)15-16-24(3,4)34-32-22(28)20(26)30-18-13-9-6-10-14-18/h5-14H,15-16H2,1-4H3. The molecule has 0 aliphatic heterocycles. The predicted octanol–water partition coefficient (Wildman–Crippen LogP) is 3.48. The molecule has 0 heterocycles. The molecular weight excluding hydrogens is 448 g/mol. The molecule has 0 aliphatic rings. The number of esters is 2. The van der Waals surface area contributed by atoms with Gasteiger partial charge in [0.2, 0.25) is 0 Å². The fourth-order valence-corrected chi connectivity index (χ4v) is 2.33. The van der Waals surface area contributed by atoms with E-state index in [2.05, 4.69) is 9.78 Å². The highest BCUT2D eigenvalue weighted by Crippen LogP contribution is 2.25. The molecule has 0 bridgehead atoms. The van der Waals surface area contributed by atoms with Gasteiger partial charge in [0.1, 0.15) is 22.7 Å². The Labute approximate surface area is 196 Å². The fourth-order valence-electron chi connectivity index (χ4n) is 2.33. The van der Waals surface area contributed by atoms with E-state index in [-0.39, 0.29) is 24.3 Å². The summed E-state index contributed by atoms with van der Waals surface area (Å²) in [6, 6.07) is 16.0. The van der Waals surface area contributed by atoms with E-state index >= 15 is 0 Å². The lowest BCUT2D eigenvalue weighted by molar-refractivity contribution is -0.338. The van der Waals surface area contributed by atoms with E-state index in [1.165, 1.54) is 24.3 Å². The third-order valence-electron chi connectivity index (χ3n) is 4.26. The van der Waals surface area contributed by atoms with Gasteiger partial charge in [0.15, 0.2) is 0 Å². The summed E-state index contributed by atoms with van der Waals surface area (Å²) in [5, 5.41) is 0. The van der Waals surface area contributed by atoms with E-state index in [0.717, 1.165) is 0 Å². The first-order valence-electron chi connectivity index (χ1n) is 10.3. The molecule has 2 aromatic rings. The highest BCUT2D eigenvalue weighted by atomic mass is 17.2. The minimum absolute atomic E-state index is 0.185. The molecule has 0 unspecified atom stereocenters. The minimum Gasteiger partial charge on any atom is -0.418 e. The van der Waals surface area contributed by atoms with Crippen LogP contribution in [0.1, 0.15) is 40.5 Å². The van der Waals surface area contributed by atoms with Gasteiger partial charge in [-0.05, 0) is 64.8 Å². The summed E-state index contributed by atoms with van der Waals surface area (Å²) in [7, 11) is 0. The first kappa shape index (κ1) is 26.5. The molecule has 0 spiro atoms. The van der Waals surface area contributed by atoms with Gasteiger partial charge in [-0.3, -0.25) is 9.78 Å². The highest BCUT2D eigenvalue weighted by molar-refractivity contribution is 6.30. The molecule has 34 heavy (non-hydrogen) atoms. The average Bonchev–Trinajstić information content (AvgIpc) is 2.81. The summed E-state index contributed by atoms with van der Waals surface area (Å²) in [6.07, 6.45) is 0.514. The topological polar surface area (TPSA) is 124 Å². The maximum atomic E-state index is 11.8. The Morgan fingerprint density at radius 2 is 0.882 bits per heavy atom. The Kier molecular flexibility index (Phi) is 9.28. The van der Waals surface area contributed by atoms with E-state index < -0.39 is 35.1 Å². The summed E-state index contributed by atoms with van der Waals surface area (Å²) in [5.41, 5.74) is -2.06. The first-order chi connectivity index (χ1) is 16.0. The largest absolute Gasteiger partial charge is 0.450 e. The van der Waals surface area contributed by atoms with Crippen LogP contribution < -0.4 is 9.47 Å². The third-order valence-corrected chi connectivity index (χ3v) is 4.26. The lowest BCUT2D eigenvalue weighted by Crippen LogP contribution is -2.35. The van der Waals surface area contributed by atoms with E-state index in [0.29, 0.717) is 0 Å². The van der Waals surface area contributed by atoms with Crippen LogP contribution in [0.15, 0.2) is 60.7 Å². The van der Waals surface area contributed by atoms with Crippen molar-refractivity contribution in [2.75, 3.05) is 0 Å². The Morgan fingerprint density at radius 3 is 1.21 bits per heavy atom. The summed E-state index contributed by atoms with van der Waals surface area (Å²) < 4.78 is 9.73. The van der Waals surface area contributed by atoms with Crippen molar-refractivity contribution in [1.29, 1.82) is 0 Å². The summed E-state index contributed by atoms with van der Waals surface area (Å²) in [4.78, 5) is 66.6. The van der Waals surface area contributed by atoms with Crippen molar-refractivity contribution in [3.8, 4) is 11.5 Å². The van der Waals surface area contributed by atoms with Gasteiger partial charge in [0.25, 0.3) is 0 Å². The van der Waals surface area contributed by atoms with Crippen LogP contribution in [0.2, 0.25) is 0 Å². The molecule has 0 fully saturated rings. The lowest BCUT2D eigenvalue weighted by atomic mass is 9.94. The summed E-state index contributed by atoms with van der Waals surface area (Å²) in [6.45, 7) is 6.45. The Bertz CT molecular complexity index is 902. The van der Waals surface area contributed by atoms with E-state index in [9.17, 15) is 19.2 Å². The number of rotatable bonds is 9. The van der Waals surface area contributed by atoms with Crippen molar-refractivity contribution >= 4 is 23.9 Å². The van der Waals surface area contributed by atoms with Gasteiger partial charge in [-0.15, -0.1) is 0 Å².